The summed E-state index contributed by atoms with van der Waals surface area (Å²) in [5, 5.41) is 17.2. The zero-order valence-electron chi connectivity index (χ0n) is 22.4. The number of benzene rings is 2. The molecule has 0 atom stereocenters. The Balaban J connectivity index is 1.76. The van der Waals surface area contributed by atoms with E-state index in [0.29, 0.717) is 48.5 Å². The smallest absolute Gasteiger partial charge is 0.262 e. The van der Waals surface area contributed by atoms with Crippen LogP contribution < -0.4 is 5.32 Å². The average molecular weight is 558 g/mol. The first-order chi connectivity index (χ1) is 19.4. The minimum atomic E-state index is -3.73. The lowest BCUT2D eigenvalue weighted by atomic mass is 10.1. The third-order valence-corrected chi connectivity index (χ3v) is 8.02. The van der Waals surface area contributed by atoms with Gasteiger partial charge in [0.2, 0.25) is 10.0 Å². The van der Waals surface area contributed by atoms with Crippen molar-refractivity contribution in [2.75, 3.05) is 13.1 Å². The molecule has 1 amide bonds. The number of nitriles is 1. The third kappa shape index (κ3) is 6.57. The molecule has 2 aromatic carbocycles. The van der Waals surface area contributed by atoms with Crippen LogP contribution in [0.1, 0.15) is 38.0 Å². The van der Waals surface area contributed by atoms with E-state index in [1.54, 1.807) is 47.3 Å². The third-order valence-electron chi connectivity index (χ3n) is 6.12. The van der Waals surface area contributed by atoms with E-state index in [0.717, 1.165) is 5.69 Å². The van der Waals surface area contributed by atoms with E-state index < -0.39 is 15.9 Å². The van der Waals surface area contributed by atoms with Gasteiger partial charge in [-0.3, -0.25) is 4.79 Å². The zero-order valence-corrected chi connectivity index (χ0v) is 23.3. The summed E-state index contributed by atoms with van der Waals surface area (Å²) in [5.74, 6) is -0.00940. The second-order valence-corrected chi connectivity index (χ2v) is 11.0. The van der Waals surface area contributed by atoms with Gasteiger partial charge < -0.3 is 9.73 Å². The number of amides is 1. The standard InChI is InChI=1S/C30H31N5O4S/c1-3-15-34(16-4-2)40(37,38)28-14-8-10-23(19-28)29-25(22-35(33-29)26-11-6-5-7-12-26)18-24(20-31)30(36)32-21-27-13-9-17-39-27/h5-14,17-19,22H,3-4,15-16,21H2,1-2H3,(H,32,36). The quantitative estimate of drug-likeness (QED) is 0.190. The maximum absolute atomic E-state index is 13.5. The van der Waals surface area contributed by atoms with Gasteiger partial charge in [-0.15, -0.1) is 0 Å². The fourth-order valence-electron chi connectivity index (χ4n) is 4.21. The maximum atomic E-state index is 13.5. The molecule has 2 aromatic heterocycles. The molecule has 40 heavy (non-hydrogen) atoms. The van der Waals surface area contributed by atoms with Gasteiger partial charge in [-0.25, -0.2) is 13.1 Å². The van der Waals surface area contributed by atoms with Crippen molar-refractivity contribution in [1.29, 1.82) is 5.26 Å². The lowest BCUT2D eigenvalue weighted by Crippen LogP contribution is -2.32. The van der Waals surface area contributed by atoms with E-state index in [9.17, 15) is 18.5 Å². The van der Waals surface area contributed by atoms with Gasteiger partial charge in [0.05, 0.1) is 23.4 Å². The Hall–Kier alpha value is -4.46. The first-order valence-electron chi connectivity index (χ1n) is 13.1. The van der Waals surface area contributed by atoms with Gasteiger partial charge in [-0.2, -0.15) is 14.7 Å². The number of sulfonamides is 1. The molecule has 0 bridgehead atoms. The SMILES string of the molecule is CCCN(CCC)S(=O)(=O)c1cccc(-c2nn(-c3ccccc3)cc2C=C(C#N)C(=O)NCc2ccco2)c1. The van der Waals surface area contributed by atoms with Crippen LogP contribution in [-0.2, 0) is 21.4 Å². The van der Waals surface area contributed by atoms with Gasteiger partial charge in [0, 0.05) is 30.4 Å². The van der Waals surface area contributed by atoms with Gasteiger partial charge in [0.1, 0.15) is 23.1 Å². The second kappa shape index (κ2) is 13.1. The number of carbonyl (C=O) groups is 1. The highest BCUT2D eigenvalue weighted by molar-refractivity contribution is 7.89. The van der Waals surface area contributed by atoms with E-state index in [1.165, 1.54) is 16.6 Å². The number of para-hydroxylation sites is 1. The number of hydrogen-bond acceptors (Lipinski definition) is 6. The molecule has 2 heterocycles. The summed E-state index contributed by atoms with van der Waals surface area (Å²) in [6, 6.07) is 21.4. The predicted octanol–water partition coefficient (Wildman–Crippen LogP) is 5.17. The fraction of sp³-hybridized carbons (Fsp3) is 0.233. The van der Waals surface area contributed by atoms with E-state index in [2.05, 4.69) is 5.32 Å². The molecule has 0 aliphatic carbocycles. The molecule has 4 rings (SSSR count). The molecule has 10 heteroatoms. The Labute approximate surface area is 234 Å². The van der Waals surface area contributed by atoms with Crippen molar-refractivity contribution >= 4 is 22.0 Å². The van der Waals surface area contributed by atoms with Crippen molar-refractivity contribution < 1.29 is 17.6 Å². The first-order valence-corrected chi connectivity index (χ1v) is 14.5. The number of furan rings is 1. The van der Waals surface area contributed by atoms with Crippen LogP contribution in [0, 0.1) is 11.3 Å². The molecule has 9 nitrogen and oxygen atoms in total. The molecule has 0 fully saturated rings. The van der Waals surface area contributed by atoms with E-state index in [4.69, 9.17) is 9.52 Å². The summed E-state index contributed by atoms with van der Waals surface area (Å²) in [7, 11) is -3.73. The summed E-state index contributed by atoms with van der Waals surface area (Å²) in [6.07, 6.45) is 6.08. The van der Waals surface area contributed by atoms with Crippen molar-refractivity contribution in [2.24, 2.45) is 0 Å². The summed E-state index contributed by atoms with van der Waals surface area (Å²) in [4.78, 5) is 13.0. The highest BCUT2D eigenvalue weighted by Gasteiger charge is 2.24. The summed E-state index contributed by atoms with van der Waals surface area (Å²) >= 11 is 0. The Morgan fingerprint density at radius 2 is 1.82 bits per heavy atom. The molecule has 0 saturated heterocycles. The Bertz CT molecular complexity index is 1610. The number of carbonyl (C=O) groups excluding carboxylic acids is 1. The summed E-state index contributed by atoms with van der Waals surface area (Å²) < 4.78 is 35.3. The molecule has 4 aromatic rings. The Morgan fingerprint density at radius 3 is 2.48 bits per heavy atom. The Morgan fingerprint density at radius 1 is 1.07 bits per heavy atom. The number of nitrogens with zero attached hydrogens (tertiary/aromatic N) is 4. The maximum Gasteiger partial charge on any atom is 0.262 e. The summed E-state index contributed by atoms with van der Waals surface area (Å²) in [6.45, 7) is 4.88. The molecular weight excluding hydrogens is 526 g/mol. The monoisotopic (exact) mass is 557 g/mol. The molecule has 0 saturated carbocycles. The van der Waals surface area contributed by atoms with Crippen LogP contribution in [0.25, 0.3) is 23.0 Å². The largest absolute Gasteiger partial charge is 0.467 e. The molecule has 0 spiro atoms. The number of rotatable bonds is 12. The van der Waals surface area contributed by atoms with Gasteiger partial charge in [-0.05, 0) is 55.3 Å². The van der Waals surface area contributed by atoms with Crippen LogP contribution >= 0.6 is 0 Å². The second-order valence-electron chi connectivity index (χ2n) is 9.08. The van der Waals surface area contributed by atoms with Crippen molar-refractivity contribution in [3.05, 3.63) is 96.1 Å². The van der Waals surface area contributed by atoms with Crippen LogP contribution in [0.5, 0.6) is 0 Å². The van der Waals surface area contributed by atoms with Crippen molar-refractivity contribution in [3.8, 4) is 23.0 Å². The van der Waals surface area contributed by atoms with Crippen LogP contribution in [-0.4, -0.2) is 41.5 Å². The van der Waals surface area contributed by atoms with E-state index in [-0.39, 0.29) is 17.0 Å². The topological polar surface area (TPSA) is 121 Å². The number of aromatic nitrogens is 2. The van der Waals surface area contributed by atoms with Crippen LogP contribution in [0.2, 0.25) is 0 Å². The molecule has 0 aliphatic rings. The lowest BCUT2D eigenvalue weighted by molar-refractivity contribution is -0.117. The lowest BCUT2D eigenvalue weighted by Gasteiger charge is -2.21. The van der Waals surface area contributed by atoms with E-state index in [1.807, 2.05) is 50.2 Å². The Kier molecular flexibility index (Phi) is 9.32. The van der Waals surface area contributed by atoms with Gasteiger partial charge in [0.15, 0.2) is 0 Å². The van der Waals surface area contributed by atoms with Crippen LogP contribution in [0.15, 0.2) is 94.1 Å². The summed E-state index contributed by atoms with van der Waals surface area (Å²) in [5.41, 5.74) is 2.11. The number of hydrogen-bond donors (Lipinski definition) is 1. The van der Waals surface area contributed by atoms with Gasteiger partial charge in [0.25, 0.3) is 5.91 Å². The fourth-order valence-corrected chi connectivity index (χ4v) is 5.88. The first kappa shape index (κ1) is 28.5. The zero-order chi connectivity index (χ0) is 28.5. The molecule has 0 radical (unpaired) electrons. The molecule has 0 unspecified atom stereocenters. The van der Waals surface area contributed by atoms with Crippen molar-refractivity contribution in [3.63, 3.8) is 0 Å². The molecule has 1 N–H and O–H groups in total. The van der Waals surface area contributed by atoms with Crippen LogP contribution in [0.3, 0.4) is 0 Å². The van der Waals surface area contributed by atoms with Crippen LogP contribution in [0.4, 0.5) is 0 Å². The normalized spacial score (nSPS) is 11.9. The molecule has 0 aliphatic heterocycles. The molecule has 206 valence electrons. The highest BCUT2D eigenvalue weighted by atomic mass is 32.2. The molecular formula is C30H31N5O4S. The minimum Gasteiger partial charge on any atom is -0.467 e. The van der Waals surface area contributed by atoms with Crippen molar-refractivity contribution in [1.82, 2.24) is 19.4 Å². The highest BCUT2D eigenvalue weighted by Crippen LogP contribution is 2.29. The van der Waals surface area contributed by atoms with Crippen molar-refractivity contribution in [2.45, 2.75) is 38.1 Å². The van der Waals surface area contributed by atoms with Gasteiger partial charge in [-0.1, -0.05) is 44.2 Å². The average Bonchev–Trinajstić information content (AvgIpc) is 3.65. The van der Waals surface area contributed by atoms with E-state index >= 15 is 0 Å². The predicted molar refractivity (Wildman–Crippen MR) is 152 cm³/mol. The minimum absolute atomic E-state index is 0.124. The van der Waals surface area contributed by atoms with Gasteiger partial charge >= 0.3 is 0 Å². The number of nitrogens with one attached hydrogen (secondary N) is 1.